The molecule has 77 valence electrons. The quantitative estimate of drug-likeness (QED) is 0.745. The summed E-state index contributed by atoms with van der Waals surface area (Å²) in [5.41, 5.74) is 6.62. The maximum Gasteiger partial charge on any atom is 0.0550 e. The number of hydrogen-bond donors (Lipinski definition) is 0. The molecule has 1 radical (unpaired) electrons. The van der Waals surface area contributed by atoms with Crippen molar-refractivity contribution < 1.29 is 37.5 Å². The van der Waals surface area contributed by atoms with Crippen molar-refractivity contribution >= 4 is 5.91 Å². The second-order valence-corrected chi connectivity index (χ2v) is 2.46. The molecule has 0 aromatic rings. The number of amides is 1. The summed E-state index contributed by atoms with van der Waals surface area (Å²) in [6.07, 6.45) is 2.76. The minimum absolute atomic E-state index is 0. The maximum absolute atomic E-state index is 10.4. The molecule has 0 atom stereocenters. The molecular formula is C10H22NOY-. The van der Waals surface area contributed by atoms with Crippen molar-refractivity contribution in [3.8, 4) is 0 Å². The van der Waals surface area contributed by atoms with E-state index >= 15 is 0 Å². The van der Waals surface area contributed by atoms with Crippen LogP contribution in [0.25, 0.3) is 5.73 Å². The van der Waals surface area contributed by atoms with Crippen LogP contribution in [-0.4, -0.2) is 5.91 Å². The van der Waals surface area contributed by atoms with Gasteiger partial charge in [-0.3, -0.25) is 0 Å². The van der Waals surface area contributed by atoms with Crippen LogP contribution in [0.15, 0.2) is 0 Å². The third-order valence-corrected chi connectivity index (χ3v) is 2.01. The fourth-order valence-electron chi connectivity index (χ4n) is 0.892. The van der Waals surface area contributed by atoms with E-state index in [4.69, 9.17) is 5.73 Å². The molecule has 1 aliphatic rings. The molecule has 0 heterocycles. The summed E-state index contributed by atoms with van der Waals surface area (Å²) in [5.74, 6) is -0.361. The second-order valence-electron chi connectivity index (χ2n) is 2.46. The molecule has 1 amide bonds. The van der Waals surface area contributed by atoms with Gasteiger partial charge in [-0.05, 0) is 19.3 Å². The van der Waals surface area contributed by atoms with Gasteiger partial charge in [0.05, 0.1) is 5.91 Å². The third kappa shape index (κ3) is 6.62. The van der Waals surface area contributed by atoms with E-state index in [2.05, 4.69) is 0 Å². The van der Waals surface area contributed by atoms with E-state index in [-0.39, 0.29) is 44.0 Å². The summed E-state index contributed by atoms with van der Waals surface area (Å²) >= 11 is 0. The van der Waals surface area contributed by atoms with Crippen molar-refractivity contribution in [2.24, 2.45) is 5.41 Å². The zero-order chi connectivity index (χ0) is 10.2. The van der Waals surface area contributed by atoms with Crippen molar-refractivity contribution in [1.29, 1.82) is 0 Å². The standard InChI is InChI=1S/C6H11NO.2C2H6.Y/c1-2-6(3-4-6)5(7)8;2*1-2;/h2-4H2,1H3,(H2,7,8);2*1-2H3;/p-1. The molecule has 0 unspecified atom stereocenters. The molecule has 0 saturated heterocycles. The van der Waals surface area contributed by atoms with E-state index in [9.17, 15) is 4.79 Å². The van der Waals surface area contributed by atoms with Gasteiger partial charge in [-0.2, -0.15) is 0 Å². The first-order valence-corrected chi connectivity index (χ1v) is 4.97. The minimum Gasteiger partial charge on any atom is -0.667 e. The van der Waals surface area contributed by atoms with Gasteiger partial charge in [0.25, 0.3) is 0 Å². The number of rotatable bonds is 2. The molecule has 0 bridgehead atoms. The van der Waals surface area contributed by atoms with E-state index in [0.717, 1.165) is 19.3 Å². The van der Waals surface area contributed by atoms with Crippen LogP contribution in [0.1, 0.15) is 53.9 Å². The predicted molar refractivity (Wildman–Crippen MR) is 54.0 cm³/mol. The molecule has 1 saturated carbocycles. The first-order valence-electron chi connectivity index (χ1n) is 4.97. The van der Waals surface area contributed by atoms with Gasteiger partial charge in [0, 0.05) is 38.1 Å². The predicted octanol–water partition coefficient (Wildman–Crippen LogP) is 3.81. The molecule has 1 fully saturated rings. The van der Waals surface area contributed by atoms with Gasteiger partial charge in [0.1, 0.15) is 0 Å². The number of carbonyl (C=O) groups excluding carboxylic acids is 1. The largest absolute Gasteiger partial charge is 0.667 e. The first kappa shape index (κ1) is 19.2. The SMILES string of the molecule is CC.CC.CCC1(C([NH-])=O)CC1.[Y]. The Morgan fingerprint density at radius 3 is 1.54 bits per heavy atom. The van der Waals surface area contributed by atoms with Gasteiger partial charge < -0.3 is 10.5 Å². The molecule has 13 heavy (non-hydrogen) atoms. The van der Waals surface area contributed by atoms with Crippen molar-refractivity contribution in [2.75, 3.05) is 0 Å². The Labute approximate surface area is 108 Å². The van der Waals surface area contributed by atoms with E-state index in [1.807, 2.05) is 34.6 Å². The molecular weight excluding hydrogens is 239 g/mol. The molecule has 0 aliphatic heterocycles. The number of hydrogen-bond acceptors (Lipinski definition) is 1. The zero-order valence-corrected chi connectivity index (χ0v) is 12.4. The van der Waals surface area contributed by atoms with Crippen molar-refractivity contribution in [3.05, 3.63) is 5.73 Å². The summed E-state index contributed by atoms with van der Waals surface area (Å²) in [6, 6.07) is 0. The maximum atomic E-state index is 10.4. The Hall–Kier alpha value is 0.574. The average Bonchev–Trinajstić information content (AvgIpc) is 2.92. The zero-order valence-electron chi connectivity index (χ0n) is 9.61. The van der Waals surface area contributed by atoms with Gasteiger partial charge in [-0.1, -0.05) is 34.6 Å². The van der Waals surface area contributed by atoms with Gasteiger partial charge >= 0.3 is 0 Å². The average molecular weight is 261 g/mol. The van der Waals surface area contributed by atoms with E-state index in [1.165, 1.54) is 0 Å². The number of carbonyl (C=O) groups is 1. The van der Waals surface area contributed by atoms with Crippen molar-refractivity contribution in [2.45, 2.75) is 53.9 Å². The van der Waals surface area contributed by atoms with Crippen LogP contribution in [0.2, 0.25) is 0 Å². The Morgan fingerprint density at radius 1 is 1.23 bits per heavy atom. The fraction of sp³-hybridized carbons (Fsp3) is 0.900. The molecule has 3 heteroatoms. The summed E-state index contributed by atoms with van der Waals surface area (Å²) in [5, 5.41) is 0. The van der Waals surface area contributed by atoms with Crippen molar-refractivity contribution in [3.63, 3.8) is 0 Å². The summed E-state index contributed by atoms with van der Waals surface area (Å²) in [4.78, 5) is 10.4. The summed E-state index contributed by atoms with van der Waals surface area (Å²) < 4.78 is 0. The van der Waals surface area contributed by atoms with Crippen LogP contribution in [0.5, 0.6) is 0 Å². The Kier molecular flexibility index (Phi) is 15.7. The minimum atomic E-state index is -0.361. The summed E-state index contributed by atoms with van der Waals surface area (Å²) in [7, 11) is 0. The van der Waals surface area contributed by atoms with Crippen molar-refractivity contribution in [1.82, 2.24) is 0 Å². The first-order chi connectivity index (χ1) is 5.71. The van der Waals surface area contributed by atoms with Crippen LogP contribution < -0.4 is 0 Å². The van der Waals surface area contributed by atoms with E-state index in [0.29, 0.717) is 0 Å². The Balaban J connectivity index is -0.000000178. The van der Waals surface area contributed by atoms with Gasteiger partial charge in [-0.15, -0.1) is 0 Å². The molecule has 2 nitrogen and oxygen atoms in total. The van der Waals surface area contributed by atoms with Crippen LogP contribution >= 0.6 is 0 Å². The monoisotopic (exact) mass is 261 g/mol. The third-order valence-electron chi connectivity index (χ3n) is 2.01. The molecule has 1 rings (SSSR count). The molecule has 0 aromatic heterocycles. The topological polar surface area (TPSA) is 40.9 Å². The normalized spacial score (nSPS) is 14.8. The molecule has 1 N–H and O–H groups in total. The number of nitrogens with one attached hydrogen (secondary N) is 1. The van der Waals surface area contributed by atoms with Crippen LogP contribution in [0, 0.1) is 5.41 Å². The smallest absolute Gasteiger partial charge is 0.0550 e. The molecule has 0 spiro atoms. The molecule has 1 aliphatic carbocycles. The van der Waals surface area contributed by atoms with Gasteiger partial charge in [0.15, 0.2) is 0 Å². The van der Waals surface area contributed by atoms with Crippen LogP contribution in [0.3, 0.4) is 0 Å². The fourth-order valence-corrected chi connectivity index (χ4v) is 0.892. The van der Waals surface area contributed by atoms with Gasteiger partial charge in [0.2, 0.25) is 0 Å². The Bertz CT molecular complexity index is 122. The van der Waals surface area contributed by atoms with Gasteiger partial charge in [-0.25, -0.2) is 0 Å². The Morgan fingerprint density at radius 2 is 1.54 bits per heavy atom. The second kappa shape index (κ2) is 10.7. The van der Waals surface area contributed by atoms with Crippen LogP contribution in [0.4, 0.5) is 0 Å². The summed E-state index contributed by atoms with van der Waals surface area (Å²) in [6.45, 7) is 9.97. The molecule has 0 aromatic carbocycles. The van der Waals surface area contributed by atoms with Crippen LogP contribution in [-0.2, 0) is 37.5 Å². The van der Waals surface area contributed by atoms with E-state index < -0.39 is 0 Å². The van der Waals surface area contributed by atoms with E-state index in [1.54, 1.807) is 0 Å².